The van der Waals surface area contributed by atoms with Crippen molar-refractivity contribution < 1.29 is 18.4 Å². The van der Waals surface area contributed by atoms with Crippen molar-refractivity contribution in [1.29, 1.82) is 0 Å². The molecular formula is C13H12F2N4O2S3. The fourth-order valence-corrected chi connectivity index (χ4v) is 4.39. The van der Waals surface area contributed by atoms with E-state index < -0.39 is 34.4 Å². The predicted octanol–water partition coefficient (Wildman–Crippen LogP) is 2.51. The summed E-state index contributed by atoms with van der Waals surface area (Å²) >= 11 is 3.45. The first kappa shape index (κ1) is 18.6. The van der Waals surface area contributed by atoms with Crippen molar-refractivity contribution in [3.8, 4) is 0 Å². The lowest BCUT2D eigenvalue weighted by molar-refractivity contribution is -0.116. The van der Waals surface area contributed by atoms with Crippen LogP contribution < -0.4 is 11.1 Å². The summed E-state index contributed by atoms with van der Waals surface area (Å²) in [5.74, 6) is -2.64. The van der Waals surface area contributed by atoms with Gasteiger partial charge in [0.25, 0.3) is 0 Å². The molecule has 0 spiro atoms. The minimum absolute atomic E-state index is 0.0852. The normalized spacial score (nSPS) is 12.0. The minimum atomic E-state index is -0.846. The van der Waals surface area contributed by atoms with E-state index in [-0.39, 0.29) is 5.75 Å². The summed E-state index contributed by atoms with van der Waals surface area (Å²) in [6.07, 6.45) is 0. The second-order valence-electron chi connectivity index (χ2n) is 4.43. The zero-order valence-corrected chi connectivity index (χ0v) is 14.7. The van der Waals surface area contributed by atoms with Crippen LogP contribution in [0.4, 0.5) is 14.5 Å². The number of nitrogens with one attached hydrogen (secondary N) is 1. The second kappa shape index (κ2) is 8.40. The lowest BCUT2D eigenvalue weighted by Crippen LogP contribution is -2.23. The van der Waals surface area contributed by atoms with Gasteiger partial charge in [0.15, 0.2) is 8.68 Å². The number of aromatic nitrogens is 2. The van der Waals surface area contributed by atoms with E-state index in [1.54, 1.807) is 6.92 Å². The summed E-state index contributed by atoms with van der Waals surface area (Å²) in [6, 6.07) is 3.33. The van der Waals surface area contributed by atoms with E-state index >= 15 is 0 Å². The third-order valence-electron chi connectivity index (χ3n) is 2.58. The zero-order valence-electron chi connectivity index (χ0n) is 12.3. The first-order valence-corrected chi connectivity index (χ1v) is 9.21. The molecule has 0 radical (unpaired) electrons. The van der Waals surface area contributed by atoms with Crippen LogP contribution in [0.25, 0.3) is 0 Å². The van der Waals surface area contributed by atoms with Crippen LogP contribution in [-0.2, 0) is 9.59 Å². The number of para-hydroxylation sites is 1. The van der Waals surface area contributed by atoms with Gasteiger partial charge in [-0.05, 0) is 19.1 Å². The Bertz CT molecular complexity index is 736. The highest BCUT2D eigenvalue weighted by Crippen LogP contribution is 2.31. The average molecular weight is 390 g/mol. The molecule has 0 aliphatic carbocycles. The van der Waals surface area contributed by atoms with Crippen LogP contribution in [0.15, 0.2) is 26.9 Å². The highest BCUT2D eigenvalue weighted by Gasteiger charge is 2.20. The molecule has 0 unspecified atom stereocenters. The van der Waals surface area contributed by atoms with Gasteiger partial charge in [-0.3, -0.25) is 9.59 Å². The first-order chi connectivity index (χ1) is 11.4. The van der Waals surface area contributed by atoms with Gasteiger partial charge in [-0.25, -0.2) is 8.78 Å². The van der Waals surface area contributed by atoms with E-state index in [0.717, 1.165) is 35.7 Å². The maximum absolute atomic E-state index is 13.5. The molecule has 1 heterocycles. The van der Waals surface area contributed by atoms with Gasteiger partial charge in [0.2, 0.25) is 11.8 Å². The number of benzene rings is 1. The van der Waals surface area contributed by atoms with Crippen LogP contribution in [0.5, 0.6) is 0 Å². The number of nitrogens with zero attached hydrogens (tertiary/aromatic N) is 2. The topological polar surface area (TPSA) is 98.0 Å². The number of thioether (sulfide) groups is 2. The molecule has 2 amide bonds. The SMILES string of the molecule is C[C@@H](Sc1nnc(SCC(N)=O)s1)C(=O)Nc1c(F)cccc1F. The largest absolute Gasteiger partial charge is 0.369 e. The molecule has 0 fully saturated rings. The molecule has 24 heavy (non-hydrogen) atoms. The van der Waals surface area contributed by atoms with Crippen LogP contribution >= 0.6 is 34.9 Å². The number of nitrogens with two attached hydrogens (primary N) is 1. The Balaban J connectivity index is 1.95. The molecule has 3 N–H and O–H groups in total. The number of carbonyl (C=O) groups excluding carboxylic acids is 2. The van der Waals surface area contributed by atoms with Gasteiger partial charge in [-0.15, -0.1) is 10.2 Å². The van der Waals surface area contributed by atoms with Crippen LogP contribution in [-0.4, -0.2) is 33.0 Å². The molecule has 0 saturated heterocycles. The van der Waals surface area contributed by atoms with Crippen molar-refractivity contribution >= 4 is 52.4 Å². The van der Waals surface area contributed by atoms with Gasteiger partial charge in [0, 0.05) is 0 Å². The number of carbonyl (C=O) groups is 2. The highest BCUT2D eigenvalue weighted by atomic mass is 32.2. The summed E-state index contributed by atoms with van der Waals surface area (Å²) < 4.78 is 28.1. The molecule has 1 aromatic heterocycles. The minimum Gasteiger partial charge on any atom is -0.369 e. The Hall–Kier alpha value is -1.72. The molecular weight excluding hydrogens is 378 g/mol. The number of amides is 2. The summed E-state index contributed by atoms with van der Waals surface area (Å²) in [7, 11) is 0. The summed E-state index contributed by atoms with van der Waals surface area (Å²) in [5.41, 5.74) is 4.56. The van der Waals surface area contributed by atoms with E-state index in [0.29, 0.717) is 8.68 Å². The van der Waals surface area contributed by atoms with Crippen molar-refractivity contribution in [3.63, 3.8) is 0 Å². The molecule has 0 aliphatic rings. The quantitative estimate of drug-likeness (QED) is 0.705. The van der Waals surface area contributed by atoms with E-state index in [4.69, 9.17) is 5.73 Å². The van der Waals surface area contributed by atoms with Crippen LogP contribution in [0.3, 0.4) is 0 Å². The fraction of sp³-hybridized carbons (Fsp3) is 0.231. The average Bonchev–Trinajstić information content (AvgIpc) is 2.96. The maximum Gasteiger partial charge on any atom is 0.237 e. The van der Waals surface area contributed by atoms with Crippen LogP contribution in [0, 0.1) is 11.6 Å². The van der Waals surface area contributed by atoms with Crippen molar-refractivity contribution in [2.45, 2.75) is 20.9 Å². The molecule has 1 aromatic carbocycles. The number of primary amides is 1. The van der Waals surface area contributed by atoms with Crippen LogP contribution in [0.1, 0.15) is 6.92 Å². The van der Waals surface area contributed by atoms with E-state index in [2.05, 4.69) is 15.5 Å². The maximum atomic E-state index is 13.5. The number of anilines is 1. The van der Waals surface area contributed by atoms with Gasteiger partial charge in [-0.1, -0.05) is 40.9 Å². The van der Waals surface area contributed by atoms with E-state index in [1.807, 2.05) is 0 Å². The first-order valence-electron chi connectivity index (χ1n) is 6.53. The standard InChI is InChI=1S/C13H12F2N4O2S3/c1-6(11(21)17-10-7(14)3-2-4-8(10)15)23-13-19-18-12(24-13)22-5-9(16)20/h2-4,6H,5H2,1H3,(H2,16,20)(H,17,21)/t6-/m1/s1. The smallest absolute Gasteiger partial charge is 0.237 e. The molecule has 128 valence electrons. The van der Waals surface area contributed by atoms with E-state index in [9.17, 15) is 18.4 Å². The zero-order chi connectivity index (χ0) is 17.7. The summed E-state index contributed by atoms with van der Waals surface area (Å²) in [5, 5.41) is 9.33. The van der Waals surface area contributed by atoms with Gasteiger partial charge < -0.3 is 11.1 Å². The monoisotopic (exact) mass is 390 g/mol. The van der Waals surface area contributed by atoms with Crippen molar-refractivity contribution in [3.05, 3.63) is 29.8 Å². The molecule has 11 heteroatoms. The Morgan fingerprint density at radius 1 is 1.29 bits per heavy atom. The molecule has 6 nitrogen and oxygen atoms in total. The van der Waals surface area contributed by atoms with Crippen LogP contribution in [0.2, 0.25) is 0 Å². The molecule has 0 saturated carbocycles. The van der Waals surface area contributed by atoms with Gasteiger partial charge >= 0.3 is 0 Å². The summed E-state index contributed by atoms with van der Waals surface area (Å²) in [4.78, 5) is 22.8. The van der Waals surface area contributed by atoms with Gasteiger partial charge in [0.1, 0.15) is 17.3 Å². The van der Waals surface area contributed by atoms with E-state index in [1.165, 1.54) is 17.4 Å². The number of hydrogen-bond donors (Lipinski definition) is 2. The Morgan fingerprint density at radius 3 is 2.54 bits per heavy atom. The second-order valence-corrected chi connectivity index (χ2v) is 8.22. The third kappa shape index (κ3) is 5.14. The molecule has 0 aliphatic heterocycles. The number of hydrogen-bond acceptors (Lipinski definition) is 7. The molecule has 1 atom stereocenters. The van der Waals surface area contributed by atoms with Crippen molar-refractivity contribution in [2.75, 3.05) is 11.1 Å². The predicted molar refractivity (Wildman–Crippen MR) is 90.1 cm³/mol. The van der Waals surface area contributed by atoms with Gasteiger partial charge in [0.05, 0.1) is 11.0 Å². The Labute approximate surface area is 148 Å². The molecule has 2 rings (SSSR count). The number of rotatable bonds is 7. The lowest BCUT2D eigenvalue weighted by atomic mass is 10.3. The highest BCUT2D eigenvalue weighted by molar-refractivity contribution is 8.04. The Kier molecular flexibility index (Phi) is 6.52. The molecule has 2 aromatic rings. The number of halogens is 2. The fourth-order valence-electron chi connectivity index (χ4n) is 1.48. The molecule has 0 bridgehead atoms. The lowest BCUT2D eigenvalue weighted by Gasteiger charge is -2.11. The van der Waals surface area contributed by atoms with Crippen molar-refractivity contribution in [2.24, 2.45) is 5.73 Å². The summed E-state index contributed by atoms with van der Waals surface area (Å²) in [6.45, 7) is 1.58. The Morgan fingerprint density at radius 2 is 1.92 bits per heavy atom. The van der Waals surface area contributed by atoms with Gasteiger partial charge in [-0.2, -0.15) is 0 Å². The van der Waals surface area contributed by atoms with Crippen molar-refractivity contribution in [1.82, 2.24) is 10.2 Å². The third-order valence-corrected chi connectivity index (χ3v) is 5.85.